The summed E-state index contributed by atoms with van der Waals surface area (Å²) in [4.78, 5) is 21.4. The van der Waals surface area contributed by atoms with Crippen LogP contribution in [0.5, 0.6) is 0 Å². The van der Waals surface area contributed by atoms with E-state index in [1.165, 1.54) is 0 Å². The molecule has 0 aliphatic rings. The van der Waals surface area contributed by atoms with Crippen LogP contribution >= 0.6 is 0 Å². The molecule has 0 atom stereocenters. The molecule has 0 heterocycles. The summed E-state index contributed by atoms with van der Waals surface area (Å²) >= 11 is 0. The van der Waals surface area contributed by atoms with E-state index in [9.17, 15) is 9.59 Å². The number of ether oxygens (including phenoxy) is 2. The van der Waals surface area contributed by atoms with Gasteiger partial charge in [0.1, 0.15) is 0 Å². The third kappa shape index (κ3) is 14.3. The summed E-state index contributed by atoms with van der Waals surface area (Å²) in [6.07, 6.45) is 5.75. The Morgan fingerprint density at radius 3 is 2.20 bits per heavy atom. The van der Waals surface area contributed by atoms with Gasteiger partial charge in [-0.25, -0.2) is 4.79 Å². The van der Waals surface area contributed by atoms with Crippen LogP contribution in [0.4, 0.5) is 4.79 Å². The summed E-state index contributed by atoms with van der Waals surface area (Å²) in [7, 11) is 0. The van der Waals surface area contributed by atoms with Gasteiger partial charge >= 0.3 is 6.09 Å². The number of amides is 2. The van der Waals surface area contributed by atoms with Crippen LogP contribution in [0.2, 0.25) is 0 Å². The maximum absolute atomic E-state index is 11.3. The van der Waals surface area contributed by atoms with Gasteiger partial charge in [0.05, 0.1) is 26.4 Å². The summed E-state index contributed by atoms with van der Waals surface area (Å²) in [5.74, 6) is 2.45. The number of rotatable bonds is 12. The quantitative estimate of drug-likeness (QED) is 0.352. The van der Waals surface area contributed by atoms with Crippen molar-refractivity contribution in [3.63, 3.8) is 0 Å². The number of nitrogens with one attached hydrogen (secondary N) is 2. The zero-order chi connectivity index (χ0) is 15.1. The molecule has 0 aliphatic carbocycles. The number of carboxylic acid groups (broad SMARTS) is 1. The molecule has 0 saturated carbocycles. The first-order chi connectivity index (χ1) is 9.66. The molecule has 114 valence electrons. The maximum Gasteiger partial charge on any atom is 0.404 e. The molecule has 0 aromatic carbocycles. The summed E-state index contributed by atoms with van der Waals surface area (Å²) in [6.45, 7) is 2.22. The van der Waals surface area contributed by atoms with Crippen LogP contribution in [-0.4, -0.2) is 56.6 Å². The largest absolute Gasteiger partial charge is 0.465 e. The molecule has 20 heavy (non-hydrogen) atoms. The van der Waals surface area contributed by atoms with Gasteiger partial charge in [0.2, 0.25) is 5.91 Å². The minimum Gasteiger partial charge on any atom is -0.465 e. The average molecular weight is 286 g/mol. The fourth-order valence-corrected chi connectivity index (χ4v) is 1.25. The van der Waals surface area contributed by atoms with Gasteiger partial charge in [-0.3, -0.25) is 4.79 Å². The normalized spacial score (nSPS) is 9.75. The van der Waals surface area contributed by atoms with Crippen LogP contribution < -0.4 is 10.6 Å². The molecule has 0 aliphatic heterocycles. The van der Waals surface area contributed by atoms with Crippen LogP contribution in [0.15, 0.2) is 0 Å². The van der Waals surface area contributed by atoms with E-state index in [4.69, 9.17) is 21.0 Å². The molecule has 3 N–H and O–H groups in total. The van der Waals surface area contributed by atoms with Crippen molar-refractivity contribution in [2.24, 2.45) is 0 Å². The molecule has 0 radical (unpaired) electrons. The molecule has 0 unspecified atom stereocenters. The Labute approximate surface area is 119 Å². The van der Waals surface area contributed by atoms with Gasteiger partial charge < -0.3 is 25.2 Å². The Morgan fingerprint density at radius 2 is 1.65 bits per heavy atom. The standard InChI is InChI=1S/C13H22N2O5/c1-2-3-4-5-12(16)14-6-8-19-10-11-20-9-7-15-13(17)18/h1,15H,3-11H2,(H,14,16)(H,17,18). The van der Waals surface area contributed by atoms with Crippen LogP contribution in [0.1, 0.15) is 19.3 Å². The minimum absolute atomic E-state index is 0.0279. The van der Waals surface area contributed by atoms with Crippen molar-refractivity contribution in [2.75, 3.05) is 39.5 Å². The molecular formula is C13H22N2O5. The molecule has 0 aromatic heterocycles. The van der Waals surface area contributed by atoms with Crippen molar-refractivity contribution >= 4 is 12.0 Å². The molecule has 0 spiro atoms. The maximum atomic E-state index is 11.3. The van der Waals surface area contributed by atoms with E-state index in [0.29, 0.717) is 52.2 Å². The Morgan fingerprint density at radius 1 is 1.05 bits per heavy atom. The summed E-state index contributed by atoms with van der Waals surface area (Å²) in [6, 6.07) is 0. The van der Waals surface area contributed by atoms with Crippen LogP contribution in [-0.2, 0) is 14.3 Å². The predicted molar refractivity (Wildman–Crippen MR) is 73.4 cm³/mol. The first kappa shape index (κ1) is 18.2. The monoisotopic (exact) mass is 286 g/mol. The van der Waals surface area contributed by atoms with Gasteiger partial charge in [-0.2, -0.15) is 0 Å². The van der Waals surface area contributed by atoms with Crippen molar-refractivity contribution in [1.82, 2.24) is 10.6 Å². The van der Waals surface area contributed by atoms with Crippen LogP contribution in [0.25, 0.3) is 0 Å². The molecular weight excluding hydrogens is 264 g/mol. The van der Waals surface area contributed by atoms with Crippen molar-refractivity contribution in [3.05, 3.63) is 0 Å². The number of unbranched alkanes of at least 4 members (excludes halogenated alkanes) is 1. The molecule has 0 bridgehead atoms. The molecule has 0 saturated heterocycles. The van der Waals surface area contributed by atoms with Gasteiger partial charge in [-0.15, -0.1) is 12.3 Å². The topological polar surface area (TPSA) is 96.9 Å². The van der Waals surface area contributed by atoms with E-state index in [2.05, 4.69) is 16.6 Å². The second kappa shape index (κ2) is 13.6. The predicted octanol–water partition coefficient (Wildman–Crippen LogP) is 0.207. The lowest BCUT2D eigenvalue weighted by atomic mass is 10.2. The second-order valence-electron chi connectivity index (χ2n) is 3.86. The van der Waals surface area contributed by atoms with E-state index in [-0.39, 0.29) is 12.5 Å². The Balaban J connectivity index is 3.15. The fourth-order valence-electron chi connectivity index (χ4n) is 1.25. The van der Waals surface area contributed by atoms with E-state index < -0.39 is 6.09 Å². The summed E-state index contributed by atoms with van der Waals surface area (Å²) < 4.78 is 10.3. The second-order valence-corrected chi connectivity index (χ2v) is 3.86. The van der Waals surface area contributed by atoms with Crippen LogP contribution in [0.3, 0.4) is 0 Å². The highest BCUT2D eigenvalue weighted by Crippen LogP contribution is 1.92. The van der Waals surface area contributed by atoms with Crippen molar-refractivity contribution in [3.8, 4) is 12.3 Å². The van der Waals surface area contributed by atoms with E-state index in [0.717, 1.165) is 0 Å². The van der Waals surface area contributed by atoms with Gasteiger partial charge in [-0.1, -0.05) is 0 Å². The molecule has 7 heteroatoms. The van der Waals surface area contributed by atoms with E-state index in [1.54, 1.807) is 0 Å². The highest BCUT2D eigenvalue weighted by atomic mass is 16.5. The zero-order valence-corrected chi connectivity index (χ0v) is 11.5. The molecule has 0 rings (SSSR count). The number of hydrogen-bond donors (Lipinski definition) is 3. The average Bonchev–Trinajstić information content (AvgIpc) is 2.41. The van der Waals surface area contributed by atoms with E-state index in [1.807, 2.05) is 0 Å². The van der Waals surface area contributed by atoms with Gasteiger partial charge in [-0.05, 0) is 6.42 Å². The number of carbonyl (C=O) groups is 2. The first-order valence-electron chi connectivity index (χ1n) is 6.49. The highest BCUT2D eigenvalue weighted by molar-refractivity contribution is 5.75. The Bertz CT molecular complexity index is 314. The van der Waals surface area contributed by atoms with Crippen molar-refractivity contribution < 1.29 is 24.2 Å². The molecule has 0 fully saturated rings. The SMILES string of the molecule is C#CCCCC(=O)NCCOCCOCCNC(=O)O. The van der Waals surface area contributed by atoms with Gasteiger partial charge in [0, 0.05) is 25.9 Å². The highest BCUT2D eigenvalue weighted by Gasteiger charge is 1.99. The number of hydrogen-bond acceptors (Lipinski definition) is 4. The Hall–Kier alpha value is -1.78. The molecule has 7 nitrogen and oxygen atoms in total. The number of carbonyl (C=O) groups excluding carboxylic acids is 1. The smallest absolute Gasteiger partial charge is 0.404 e. The van der Waals surface area contributed by atoms with Crippen molar-refractivity contribution in [1.29, 1.82) is 0 Å². The molecule has 0 aromatic rings. The Kier molecular flexibility index (Phi) is 12.4. The lowest BCUT2D eigenvalue weighted by Crippen LogP contribution is -2.27. The third-order valence-corrected chi connectivity index (χ3v) is 2.19. The van der Waals surface area contributed by atoms with Gasteiger partial charge in [0.15, 0.2) is 0 Å². The van der Waals surface area contributed by atoms with E-state index >= 15 is 0 Å². The van der Waals surface area contributed by atoms with Gasteiger partial charge in [0.25, 0.3) is 0 Å². The number of terminal acetylenes is 1. The third-order valence-electron chi connectivity index (χ3n) is 2.19. The molecule has 2 amide bonds. The zero-order valence-electron chi connectivity index (χ0n) is 11.5. The van der Waals surface area contributed by atoms with Crippen LogP contribution in [0, 0.1) is 12.3 Å². The fraction of sp³-hybridized carbons (Fsp3) is 0.692. The lowest BCUT2D eigenvalue weighted by Gasteiger charge is -2.07. The minimum atomic E-state index is -1.07. The lowest BCUT2D eigenvalue weighted by molar-refractivity contribution is -0.121. The van der Waals surface area contributed by atoms with Crippen molar-refractivity contribution in [2.45, 2.75) is 19.3 Å². The first-order valence-corrected chi connectivity index (χ1v) is 6.49. The summed E-state index contributed by atoms with van der Waals surface area (Å²) in [5, 5.41) is 13.2. The summed E-state index contributed by atoms with van der Waals surface area (Å²) in [5.41, 5.74) is 0.